The Morgan fingerprint density at radius 1 is 1.20 bits per heavy atom. The highest BCUT2D eigenvalue weighted by molar-refractivity contribution is 6.06. The van der Waals surface area contributed by atoms with Crippen molar-refractivity contribution in [1.29, 1.82) is 5.41 Å². The molecule has 0 aromatic heterocycles. The Labute approximate surface area is 117 Å². The third-order valence-electron chi connectivity index (χ3n) is 3.66. The number of amides is 2. The predicted molar refractivity (Wildman–Crippen MR) is 73.4 cm³/mol. The van der Waals surface area contributed by atoms with Crippen LogP contribution in [0.1, 0.15) is 24.4 Å². The van der Waals surface area contributed by atoms with E-state index in [4.69, 9.17) is 14.9 Å². The minimum absolute atomic E-state index is 0.190. The first-order valence-corrected chi connectivity index (χ1v) is 6.54. The predicted octanol–water partition coefficient (Wildman–Crippen LogP) is 1.91. The van der Waals surface area contributed by atoms with Crippen LogP contribution >= 0.6 is 0 Å². The molecule has 1 aromatic carbocycles. The van der Waals surface area contributed by atoms with Crippen LogP contribution in [0, 0.1) is 5.41 Å². The Balaban J connectivity index is 2.01. The largest absolute Gasteiger partial charge is 0.497 e. The van der Waals surface area contributed by atoms with Gasteiger partial charge in [-0.1, -0.05) is 0 Å². The topological polar surface area (TPSA) is 74.6 Å². The van der Waals surface area contributed by atoms with E-state index in [-0.39, 0.29) is 24.0 Å². The molecule has 3 rings (SSSR count). The Hall–Kier alpha value is -2.24. The molecule has 0 radical (unpaired) electrons. The molecule has 0 spiro atoms. The Kier molecular flexibility index (Phi) is 3.00. The summed E-state index contributed by atoms with van der Waals surface area (Å²) in [6.07, 6.45) is 2.00. The zero-order valence-electron chi connectivity index (χ0n) is 11.5. The molecular weight excluding hydrogens is 258 g/mol. The van der Waals surface area contributed by atoms with E-state index in [1.807, 2.05) is 12.1 Å². The zero-order valence-corrected chi connectivity index (χ0v) is 11.5. The van der Waals surface area contributed by atoms with Crippen LogP contribution in [-0.4, -0.2) is 37.0 Å². The van der Waals surface area contributed by atoms with Crippen molar-refractivity contribution in [2.75, 3.05) is 14.2 Å². The van der Waals surface area contributed by atoms with Gasteiger partial charge in [-0.25, -0.2) is 4.79 Å². The SMILES string of the molecule is COc1cc(OC)cc(C2C(=N)NC(=O)N2C2CC2)c1. The molecule has 1 aliphatic carbocycles. The van der Waals surface area contributed by atoms with Gasteiger partial charge in [0, 0.05) is 12.1 Å². The number of nitrogens with zero attached hydrogens (tertiary/aromatic N) is 1. The average molecular weight is 275 g/mol. The lowest BCUT2D eigenvalue weighted by atomic mass is 10.0. The molecule has 1 aromatic rings. The third kappa shape index (κ3) is 2.07. The Morgan fingerprint density at radius 3 is 2.30 bits per heavy atom. The molecule has 1 aliphatic heterocycles. The van der Waals surface area contributed by atoms with E-state index in [9.17, 15) is 4.79 Å². The van der Waals surface area contributed by atoms with Crippen LogP contribution < -0.4 is 14.8 Å². The van der Waals surface area contributed by atoms with Gasteiger partial charge in [0.2, 0.25) is 0 Å². The lowest BCUT2D eigenvalue weighted by Gasteiger charge is -2.23. The van der Waals surface area contributed by atoms with Crippen LogP contribution in [-0.2, 0) is 0 Å². The maximum absolute atomic E-state index is 12.0. The number of rotatable bonds is 4. The normalized spacial score (nSPS) is 21.9. The van der Waals surface area contributed by atoms with Crippen LogP contribution in [0.5, 0.6) is 11.5 Å². The van der Waals surface area contributed by atoms with E-state index in [1.165, 1.54) is 0 Å². The first kappa shape index (κ1) is 12.8. The minimum atomic E-state index is -0.376. The van der Waals surface area contributed by atoms with Crippen molar-refractivity contribution in [2.24, 2.45) is 0 Å². The van der Waals surface area contributed by atoms with Crippen molar-refractivity contribution in [3.63, 3.8) is 0 Å². The maximum Gasteiger partial charge on any atom is 0.323 e. The molecule has 20 heavy (non-hydrogen) atoms. The van der Waals surface area contributed by atoms with Crippen molar-refractivity contribution < 1.29 is 14.3 Å². The van der Waals surface area contributed by atoms with Crippen molar-refractivity contribution in [3.8, 4) is 11.5 Å². The van der Waals surface area contributed by atoms with E-state index in [1.54, 1.807) is 25.2 Å². The van der Waals surface area contributed by atoms with Gasteiger partial charge < -0.3 is 14.4 Å². The van der Waals surface area contributed by atoms with Crippen LogP contribution in [0.4, 0.5) is 4.79 Å². The van der Waals surface area contributed by atoms with E-state index in [0.717, 1.165) is 18.4 Å². The van der Waals surface area contributed by atoms with E-state index >= 15 is 0 Å². The van der Waals surface area contributed by atoms with Crippen LogP contribution in [0.2, 0.25) is 0 Å². The number of methoxy groups -OCH3 is 2. The summed E-state index contributed by atoms with van der Waals surface area (Å²) in [4.78, 5) is 13.7. The Morgan fingerprint density at radius 2 is 1.80 bits per heavy atom. The van der Waals surface area contributed by atoms with Crippen molar-refractivity contribution in [2.45, 2.75) is 24.9 Å². The molecule has 2 N–H and O–H groups in total. The van der Waals surface area contributed by atoms with Crippen molar-refractivity contribution in [1.82, 2.24) is 10.2 Å². The first-order valence-electron chi connectivity index (χ1n) is 6.54. The fourth-order valence-corrected chi connectivity index (χ4v) is 2.55. The van der Waals surface area contributed by atoms with Gasteiger partial charge in [-0.05, 0) is 30.5 Å². The molecule has 2 fully saturated rings. The molecule has 1 atom stereocenters. The average Bonchev–Trinajstić information content (AvgIpc) is 3.23. The number of amidine groups is 1. The minimum Gasteiger partial charge on any atom is -0.497 e. The summed E-state index contributed by atoms with van der Waals surface area (Å²) in [5, 5.41) is 10.6. The highest BCUT2D eigenvalue weighted by Crippen LogP contribution is 2.39. The molecule has 6 nitrogen and oxygen atoms in total. The van der Waals surface area contributed by atoms with E-state index in [2.05, 4.69) is 5.32 Å². The van der Waals surface area contributed by atoms with Gasteiger partial charge in [-0.3, -0.25) is 10.7 Å². The van der Waals surface area contributed by atoms with Crippen LogP contribution in [0.15, 0.2) is 18.2 Å². The number of hydrogen-bond acceptors (Lipinski definition) is 4. The summed E-state index contributed by atoms with van der Waals surface area (Å²) in [7, 11) is 3.17. The summed E-state index contributed by atoms with van der Waals surface area (Å²) >= 11 is 0. The van der Waals surface area contributed by atoms with E-state index < -0.39 is 0 Å². The summed E-state index contributed by atoms with van der Waals surface area (Å²) in [6, 6.07) is 5.14. The number of carbonyl (C=O) groups is 1. The lowest BCUT2D eigenvalue weighted by Crippen LogP contribution is -2.31. The smallest absolute Gasteiger partial charge is 0.323 e. The number of urea groups is 1. The fraction of sp³-hybridized carbons (Fsp3) is 0.429. The number of nitrogens with one attached hydrogen (secondary N) is 2. The standard InChI is InChI=1S/C14H17N3O3/c1-19-10-5-8(6-11(7-10)20-2)12-13(15)16-14(18)17(12)9-3-4-9/h5-7,9,12H,3-4H2,1-2H3,(H2,15,16,18). The second kappa shape index (κ2) is 4.70. The molecule has 1 saturated carbocycles. The molecule has 1 unspecified atom stereocenters. The van der Waals surface area contributed by atoms with Gasteiger partial charge in [0.25, 0.3) is 0 Å². The maximum atomic E-state index is 12.0. The monoisotopic (exact) mass is 275 g/mol. The molecule has 6 heteroatoms. The third-order valence-corrected chi connectivity index (χ3v) is 3.66. The molecule has 1 saturated heterocycles. The second-order valence-electron chi connectivity index (χ2n) is 5.03. The van der Waals surface area contributed by atoms with Gasteiger partial charge in [0.1, 0.15) is 23.4 Å². The van der Waals surface area contributed by atoms with Crippen molar-refractivity contribution in [3.05, 3.63) is 23.8 Å². The number of hydrogen-bond donors (Lipinski definition) is 2. The Bertz CT molecular complexity index is 547. The number of benzene rings is 1. The number of ether oxygens (including phenoxy) is 2. The van der Waals surface area contributed by atoms with Gasteiger partial charge in [-0.2, -0.15) is 0 Å². The van der Waals surface area contributed by atoms with Crippen molar-refractivity contribution >= 4 is 11.9 Å². The van der Waals surface area contributed by atoms with Gasteiger partial charge in [0.05, 0.1) is 14.2 Å². The molecule has 2 amide bonds. The first-order chi connectivity index (χ1) is 9.63. The summed E-state index contributed by atoms with van der Waals surface area (Å²) in [5.74, 6) is 1.52. The lowest BCUT2D eigenvalue weighted by molar-refractivity contribution is 0.202. The number of carbonyl (C=O) groups excluding carboxylic acids is 1. The zero-order chi connectivity index (χ0) is 14.3. The van der Waals surface area contributed by atoms with Crippen LogP contribution in [0.25, 0.3) is 0 Å². The summed E-state index contributed by atoms with van der Waals surface area (Å²) < 4.78 is 10.5. The molecule has 0 bridgehead atoms. The fourth-order valence-electron chi connectivity index (χ4n) is 2.55. The van der Waals surface area contributed by atoms with Gasteiger partial charge >= 0.3 is 6.03 Å². The summed E-state index contributed by atoms with van der Waals surface area (Å²) in [6.45, 7) is 0. The van der Waals surface area contributed by atoms with Gasteiger partial charge in [-0.15, -0.1) is 0 Å². The van der Waals surface area contributed by atoms with E-state index in [0.29, 0.717) is 11.5 Å². The highest BCUT2D eigenvalue weighted by Gasteiger charge is 2.45. The molecule has 106 valence electrons. The molecular formula is C14H17N3O3. The molecule has 2 aliphatic rings. The summed E-state index contributed by atoms with van der Waals surface area (Å²) in [5.41, 5.74) is 0.830. The molecule has 1 heterocycles. The highest BCUT2D eigenvalue weighted by atomic mass is 16.5. The van der Waals surface area contributed by atoms with Gasteiger partial charge in [0.15, 0.2) is 0 Å². The second-order valence-corrected chi connectivity index (χ2v) is 5.03. The van der Waals surface area contributed by atoms with Crippen LogP contribution in [0.3, 0.4) is 0 Å². The quantitative estimate of drug-likeness (QED) is 0.881.